The number of likely N-dealkylation sites (tertiary alicyclic amines) is 1. The lowest BCUT2D eigenvalue weighted by molar-refractivity contribution is 0.0115. The van der Waals surface area contributed by atoms with E-state index in [1.54, 1.807) is 35.6 Å². The summed E-state index contributed by atoms with van der Waals surface area (Å²) in [6.45, 7) is 0.509. The Hall–Kier alpha value is -4.64. The van der Waals surface area contributed by atoms with Crippen molar-refractivity contribution in [3.8, 4) is 33.9 Å². The summed E-state index contributed by atoms with van der Waals surface area (Å²) < 4.78 is 41.1. The number of nitrogens with one attached hydrogen (secondary N) is 2. The van der Waals surface area contributed by atoms with E-state index in [0.717, 1.165) is 22.2 Å². The molecule has 0 spiro atoms. The highest BCUT2D eigenvalue weighted by Crippen LogP contribution is 2.32. The van der Waals surface area contributed by atoms with Gasteiger partial charge in [0, 0.05) is 49.2 Å². The first kappa shape index (κ1) is 23.5. The molecule has 7 rings (SSSR count). The Bertz CT molecular complexity index is 1840. The molecule has 39 heavy (non-hydrogen) atoms. The van der Waals surface area contributed by atoms with E-state index >= 15 is 0 Å². The normalized spacial score (nSPS) is 15.5. The zero-order chi connectivity index (χ0) is 26.6. The number of aromatic nitrogens is 7. The summed E-state index contributed by atoms with van der Waals surface area (Å²) in [5.74, 6) is -2.50. The van der Waals surface area contributed by atoms with Crippen LogP contribution in [0.5, 0.6) is 0 Å². The van der Waals surface area contributed by atoms with Crippen molar-refractivity contribution in [2.45, 2.75) is 18.9 Å². The number of halogens is 3. The molecule has 6 heterocycles. The number of rotatable bonds is 5. The second kappa shape index (κ2) is 8.98. The smallest absolute Gasteiger partial charge is 0.261 e. The summed E-state index contributed by atoms with van der Waals surface area (Å²) in [6.07, 6.45) is 4.91. The van der Waals surface area contributed by atoms with E-state index < -0.39 is 5.92 Å². The van der Waals surface area contributed by atoms with Crippen LogP contribution in [-0.4, -0.2) is 59.0 Å². The zero-order valence-corrected chi connectivity index (χ0v) is 20.5. The minimum atomic E-state index is -2.64. The van der Waals surface area contributed by atoms with Crippen LogP contribution in [0.4, 0.5) is 13.2 Å². The highest BCUT2D eigenvalue weighted by Gasteiger charge is 2.37. The van der Waals surface area contributed by atoms with Gasteiger partial charge in [-0.15, -0.1) is 0 Å². The number of imidazole rings is 1. The van der Waals surface area contributed by atoms with Crippen LogP contribution in [0.25, 0.3) is 56.1 Å². The molecule has 1 aromatic carbocycles. The van der Waals surface area contributed by atoms with Crippen LogP contribution in [0.1, 0.15) is 12.0 Å². The van der Waals surface area contributed by atoms with Gasteiger partial charge in [-0.3, -0.25) is 15.0 Å². The molecule has 0 saturated carbocycles. The summed E-state index contributed by atoms with van der Waals surface area (Å²) in [5, 5.41) is 7.44. The predicted molar refractivity (Wildman–Crippen MR) is 140 cm³/mol. The van der Waals surface area contributed by atoms with Gasteiger partial charge in [0.25, 0.3) is 5.92 Å². The lowest BCUT2D eigenvalue weighted by Gasteiger charge is -2.15. The lowest BCUT2D eigenvalue weighted by atomic mass is 10.1. The van der Waals surface area contributed by atoms with Gasteiger partial charge >= 0.3 is 0 Å². The molecule has 1 saturated heterocycles. The maximum Gasteiger partial charge on any atom is 0.261 e. The molecule has 0 amide bonds. The van der Waals surface area contributed by atoms with Gasteiger partial charge in [0.1, 0.15) is 11.3 Å². The fraction of sp³-hybridized carbons (Fsp3) is 0.179. The summed E-state index contributed by atoms with van der Waals surface area (Å²) >= 11 is 0. The van der Waals surface area contributed by atoms with E-state index in [9.17, 15) is 13.2 Å². The largest absolute Gasteiger partial charge is 0.335 e. The minimum absolute atomic E-state index is 0.122. The number of hydrogen-bond donors (Lipinski definition) is 2. The molecular weight excluding hydrogens is 505 g/mol. The van der Waals surface area contributed by atoms with Crippen LogP contribution in [-0.2, 0) is 6.54 Å². The van der Waals surface area contributed by atoms with Gasteiger partial charge in [-0.2, -0.15) is 5.10 Å². The number of pyridine rings is 3. The Morgan fingerprint density at radius 3 is 2.77 bits per heavy atom. The maximum absolute atomic E-state index is 13.9. The molecule has 6 aromatic rings. The van der Waals surface area contributed by atoms with Gasteiger partial charge in [-0.25, -0.2) is 28.1 Å². The molecular formula is C28H21F3N8. The summed E-state index contributed by atoms with van der Waals surface area (Å²) in [5.41, 5.74) is 6.72. The van der Waals surface area contributed by atoms with Gasteiger partial charge in [-0.05, 0) is 47.5 Å². The number of alkyl halides is 2. The van der Waals surface area contributed by atoms with Crippen molar-refractivity contribution >= 4 is 22.2 Å². The highest BCUT2D eigenvalue weighted by atomic mass is 19.3. The fourth-order valence-corrected chi connectivity index (χ4v) is 5.06. The van der Waals surface area contributed by atoms with Gasteiger partial charge in [0.05, 0.1) is 23.3 Å². The Morgan fingerprint density at radius 2 is 1.92 bits per heavy atom. The first-order valence-corrected chi connectivity index (χ1v) is 12.4. The van der Waals surface area contributed by atoms with Crippen LogP contribution in [0.15, 0.2) is 67.1 Å². The summed E-state index contributed by atoms with van der Waals surface area (Å²) in [7, 11) is 0. The van der Waals surface area contributed by atoms with Crippen molar-refractivity contribution in [3.05, 3.63) is 78.5 Å². The molecule has 194 valence electrons. The average molecular weight is 527 g/mol. The zero-order valence-electron chi connectivity index (χ0n) is 20.5. The SMILES string of the molecule is Fc1cccc(-c2ccnc3nc(-c4n[nH]c5ccc(-c6cncc(CN7CCC(F)(F)C7)c6)nc45)[nH]c23)c1. The quantitative estimate of drug-likeness (QED) is 0.303. The Morgan fingerprint density at radius 1 is 1.00 bits per heavy atom. The van der Waals surface area contributed by atoms with Crippen molar-refractivity contribution in [1.29, 1.82) is 0 Å². The molecule has 0 atom stereocenters. The molecule has 5 aromatic heterocycles. The molecule has 0 radical (unpaired) electrons. The van der Waals surface area contributed by atoms with E-state index in [1.165, 1.54) is 12.1 Å². The van der Waals surface area contributed by atoms with Gasteiger partial charge in [-0.1, -0.05) is 12.1 Å². The predicted octanol–water partition coefficient (Wildman–Crippen LogP) is 5.61. The monoisotopic (exact) mass is 526 g/mol. The average Bonchev–Trinajstić information content (AvgIpc) is 3.64. The topological polar surface area (TPSA) is 99.3 Å². The minimum Gasteiger partial charge on any atom is -0.335 e. The van der Waals surface area contributed by atoms with E-state index in [4.69, 9.17) is 4.98 Å². The lowest BCUT2D eigenvalue weighted by Crippen LogP contribution is -2.24. The summed E-state index contributed by atoms with van der Waals surface area (Å²) in [4.78, 5) is 23.2. The third kappa shape index (κ3) is 4.40. The van der Waals surface area contributed by atoms with E-state index in [0.29, 0.717) is 52.5 Å². The number of benzene rings is 1. The third-order valence-corrected chi connectivity index (χ3v) is 6.91. The second-order valence-corrected chi connectivity index (χ2v) is 9.72. The molecule has 0 bridgehead atoms. The number of nitrogens with zero attached hydrogens (tertiary/aromatic N) is 6. The molecule has 8 nitrogen and oxygen atoms in total. The van der Waals surface area contributed by atoms with E-state index in [1.807, 2.05) is 24.3 Å². The highest BCUT2D eigenvalue weighted by molar-refractivity contribution is 5.94. The molecule has 11 heteroatoms. The number of hydrogen-bond acceptors (Lipinski definition) is 6. The molecule has 0 aliphatic carbocycles. The number of aromatic amines is 2. The van der Waals surface area contributed by atoms with Crippen molar-refractivity contribution in [2.75, 3.05) is 13.1 Å². The Labute approximate surface area is 220 Å². The fourth-order valence-electron chi connectivity index (χ4n) is 5.06. The molecule has 1 fully saturated rings. The molecule has 1 aliphatic heterocycles. The Kier molecular flexibility index (Phi) is 5.41. The first-order chi connectivity index (χ1) is 18.9. The van der Waals surface area contributed by atoms with Crippen LogP contribution in [0, 0.1) is 5.82 Å². The molecule has 2 N–H and O–H groups in total. The Balaban J connectivity index is 1.25. The number of fused-ring (bicyclic) bond motifs is 2. The molecule has 1 aliphatic rings. The van der Waals surface area contributed by atoms with Gasteiger partial charge < -0.3 is 4.98 Å². The van der Waals surface area contributed by atoms with Gasteiger partial charge in [0.15, 0.2) is 17.2 Å². The van der Waals surface area contributed by atoms with Crippen LogP contribution >= 0.6 is 0 Å². The summed E-state index contributed by atoms with van der Waals surface area (Å²) in [6, 6.07) is 13.8. The van der Waals surface area contributed by atoms with Crippen LogP contribution < -0.4 is 0 Å². The number of H-pyrrole nitrogens is 2. The van der Waals surface area contributed by atoms with E-state index in [-0.39, 0.29) is 18.8 Å². The van der Waals surface area contributed by atoms with Crippen LogP contribution in [0.2, 0.25) is 0 Å². The van der Waals surface area contributed by atoms with Crippen molar-refractivity contribution in [3.63, 3.8) is 0 Å². The molecule has 0 unspecified atom stereocenters. The van der Waals surface area contributed by atoms with Crippen LogP contribution in [0.3, 0.4) is 0 Å². The standard InChI is InChI=1S/C28H21F3N8/c29-19-3-1-2-17(11-19)20-6-8-33-26-23(20)35-27(36-26)25-24-22(37-38-25)5-4-21(34-24)18-10-16(12-32-13-18)14-39-9-7-28(30,31)15-39/h1-6,8,10-13H,7,9,14-15H2,(H,37,38)(H,33,35,36). The van der Waals surface area contributed by atoms with Crippen molar-refractivity contribution in [1.82, 2.24) is 40.0 Å². The second-order valence-electron chi connectivity index (χ2n) is 9.72. The first-order valence-electron chi connectivity index (χ1n) is 12.4. The van der Waals surface area contributed by atoms with Gasteiger partial charge in [0.2, 0.25) is 0 Å². The van der Waals surface area contributed by atoms with Crippen molar-refractivity contribution < 1.29 is 13.2 Å². The van der Waals surface area contributed by atoms with Crippen molar-refractivity contribution in [2.24, 2.45) is 0 Å². The van der Waals surface area contributed by atoms with E-state index in [2.05, 4.69) is 30.1 Å². The third-order valence-electron chi connectivity index (χ3n) is 6.91. The maximum atomic E-state index is 13.9.